The minimum absolute atomic E-state index is 0.389. The lowest BCUT2D eigenvalue weighted by atomic mass is 9.94. The minimum atomic E-state index is 0.389. The molecule has 0 saturated carbocycles. The Bertz CT molecular complexity index is 2990. The zero-order valence-corrected chi connectivity index (χ0v) is 31.4. The van der Waals surface area contributed by atoms with E-state index in [0.29, 0.717) is 18.0 Å². The fourth-order valence-corrected chi connectivity index (χ4v) is 9.51. The topological polar surface area (TPSA) is 44.4 Å². The van der Waals surface area contributed by atoms with Gasteiger partial charge in [-0.15, -0.1) is 11.3 Å². The van der Waals surface area contributed by atoms with Crippen molar-refractivity contribution in [2.24, 2.45) is 4.99 Å². The summed E-state index contributed by atoms with van der Waals surface area (Å²) in [6, 6.07) is 53.6. The van der Waals surface area contributed by atoms with Gasteiger partial charge in [0.05, 0.1) is 28.0 Å². The van der Waals surface area contributed by atoms with E-state index in [-0.39, 0.29) is 0 Å². The Kier molecular flexibility index (Phi) is 8.16. The van der Waals surface area contributed by atoms with Crippen molar-refractivity contribution in [1.82, 2.24) is 4.57 Å². The number of aromatic nitrogens is 1. The summed E-state index contributed by atoms with van der Waals surface area (Å²) < 4.78 is 2.36. The average Bonchev–Trinajstić information content (AvgIpc) is 3.85. The molecule has 4 nitrogen and oxygen atoms in total. The Hall–Kier alpha value is -7.08. The largest absolute Gasteiger partial charge is 0.309 e. The van der Waals surface area contributed by atoms with Crippen molar-refractivity contribution in [3.05, 3.63) is 203 Å². The van der Waals surface area contributed by atoms with E-state index in [9.17, 15) is 5.41 Å². The van der Waals surface area contributed by atoms with Crippen molar-refractivity contribution in [1.29, 1.82) is 5.41 Å². The number of anilines is 1. The SMILES string of the molecule is C=N/C(=C1\C(=N)C=Cc2cc(-c3ccccc3)sc21)N1C(=C)c2ccccc2/C=C\Cc2cc(-c3cccc4c3c3ccccc3n4-c3ccccc3)ccc21. The molecular weight excluding hydrogens is 701 g/mol. The summed E-state index contributed by atoms with van der Waals surface area (Å²) in [5.41, 5.74) is 14.0. The summed E-state index contributed by atoms with van der Waals surface area (Å²) in [6.45, 7) is 8.90. The number of hydrogen-bond donors (Lipinski definition) is 1. The molecule has 2 aliphatic rings. The van der Waals surface area contributed by atoms with Gasteiger partial charge >= 0.3 is 0 Å². The number of para-hydroxylation sites is 2. The third-order valence-corrected chi connectivity index (χ3v) is 12.1. The van der Waals surface area contributed by atoms with Gasteiger partial charge in [-0.3, -0.25) is 4.90 Å². The second-order valence-electron chi connectivity index (χ2n) is 14.1. The number of rotatable bonds is 5. The molecule has 0 radical (unpaired) electrons. The molecule has 6 aromatic carbocycles. The van der Waals surface area contributed by atoms with Crippen LogP contribution in [0.4, 0.5) is 5.69 Å². The lowest BCUT2D eigenvalue weighted by Gasteiger charge is -2.31. The summed E-state index contributed by atoms with van der Waals surface area (Å²) >= 11 is 1.68. The molecule has 266 valence electrons. The molecule has 10 rings (SSSR count). The number of hydrogen-bond acceptors (Lipinski definition) is 4. The van der Waals surface area contributed by atoms with E-state index < -0.39 is 0 Å². The summed E-state index contributed by atoms with van der Waals surface area (Å²) in [5, 5.41) is 11.8. The Balaban J connectivity index is 1.19. The van der Waals surface area contributed by atoms with Gasteiger partial charge < -0.3 is 9.98 Å². The average molecular weight is 737 g/mol. The van der Waals surface area contributed by atoms with Gasteiger partial charge in [-0.05, 0) is 95.1 Å². The van der Waals surface area contributed by atoms with Crippen LogP contribution in [-0.4, -0.2) is 17.0 Å². The molecule has 0 atom stereocenters. The first-order chi connectivity index (χ1) is 27.6. The van der Waals surface area contributed by atoms with E-state index in [0.717, 1.165) is 71.3 Å². The highest BCUT2D eigenvalue weighted by atomic mass is 32.1. The maximum absolute atomic E-state index is 9.34. The lowest BCUT2D eigenvalue weighted by molar-refractivity contribution is 1.12. The van der Waals surface area contributed by atoms with Gasteiger partial charge in [-0.2, -0.15) is 0 Å². The molecule has 1 aliphatic heterocycles. The fraction of sp³-hybridized carbons (Fsp3) is 0.0196. The number of thiophene rings is 1. The van der Waals surface area contributed by atoms with Gasteiger partial charge in [0.25, 0.3) is 0 Å². The molecule has 0 amide bonds. The number of nitrogens with zero attached hydrogens (tertiary/aromatic N) is 3. The highest BCUT2D eigenvalue weighted by molar-refractivity contribution is 7.17. The fourth-order valence-electron chi connectivity index (χ4n) is 8.31. The summed E-state index contributed by atoms with van der Waals surface area (Å²) in [4.78, 5) is 9.05. The Morgan fingerprint density at radius 1 is 0.661 bits per heavy atom. The van der Waals surface area contributed by atoms with Crippen molar-refractivity contribution < 1.29 is 0 Å². The molecule has 5 heteroatoms. The number of nitrogens with one attached hydrogen (secondary N) is 1. The number of aliphatic imine (C=N–C) groups is 1. The van der Waals surface area contributed by atoms with Crippen LogP contribution in [0, 0.1) is 5.41 Å². The predicted molar refractivity (Wildman–Crippen MR) is 240 cm³/mol. The van der Waals surface area contributed by atoms with Crippen LogP contribution in [0.5, 0.6) is 0 Å². The summed E-state index contributed by atoms with van der Waals surface area (Å²) in [6.07, 6.45) is 9.02. The van der Waals surface area contributed by atoms with Crippen LogP contribution >= 0.6 is 11.3 Å². The van der Waals surface area contributed by atoms with Crippen LogP contribution in [0.1, 0.15) is 27.1 Å². The van der Waals surface area contributed by atoms with Crippen molar-refractivity contribution in [3.8, 4) is 27.3 Å². The zero-order valence-electron chi connectivity index (χ0n) is 30.6. The van der Waals surface area contributed by atoms with E-state index in [1.807, 2.05) is 24.3 Å². The first kappa shape index (κ1) is 33.5. The summed E-state index contributed by atoms with van der Waals surface area (Å²) in [5.74, 6) is 0.589. The van der Waals surface area contributed by atoms with Crippen LogP contribution in [0.25, 0.3) is 72.5 Å². The molecule has 1 N–H and O–H groups in total. The van der Waals surface area contributed by atoms with Gasteiger partial charge in [0.1, 0.15) is 5.82 Å². The number of fused-ring (bicyclic) bond motifs is 6. The van der Waals surface area contributed by atoms with Gasteiger partial charge in [0.15, 0.2) is 0 Å². The normalized spacial score (nSPS) is 15.1. The Labute approximate surface area is 330 Å². The Morgan fingerprint density at radius 3 is 2.23 bits per heavy atom. The molecule has 56 heavy (non-hydrogen) atoms. The smallest absolute Gasteiger partial charge is 0.147 e. The molecule has 2 aromatic heterocycles. The van der Waals surface area contributed by atoms with E-state index in [2.05, 4.69) is 168 Å². The molecule has 0 fully saturated rings. The minimum Gasteiger partial charge on any atom is -0.309 e. The third-order valence-electron chi connectivity index (χ3n) is 10.9. The Morgan fingerprint density at radius 2 is 1.39 bits per heavy atom. The van der Waals surface area contributed by atoms with Crippen LogP contribution in [0.2, 0.25) is 0 Å². The van der Waals surface area contributed by atoms with Crippen molar-refractivity contribution >= 4 is 74.7 Å². The van der Waals surface area contributed by atoms with Gasteiger partial charge in [-0.1, -0.05) is 134 Å². The monoisotopic (exact) mass is 736 g/mol. The summed E-state index contributed by atoms with van der Waals surface area (Å²) in [7, 11) is 0. The molecule has 0 saturated heterocycles. The second kappa shape index (κ2) is 13.6. The number of benzene rings is 6. The highest BCUT2D eigenvalue weighted by Crippen LogP contribution is 2.46. The molecule has 0 spiro atoms. The van der Waals surface area contributed by atoms with E-state index >= 15 is 0 Å². The second-order valence-corrected chi connectivity index (χ2v) is 15.1. The zero-order chi connectivity index (χ0) is 37.8. The van der Waals surface area contributed by atoms with Crippen LogP contribution in [0.3, 0.4) is 0 Å². The van der Waals surface area contributed by atoms with E-state index in [4.69, 9.17) is 11.6 Å². The standard InChI is InChI=1S/C51H36N4S/c1-33-40-22-10-9-15-34(40)18-13-19-37-31-36(41-24-14-26-46-48(41)42-23-11-12-25-45(42)55(46)39-20-7-4-8-21-39)28-30-44(37)54(33)51(53-2)49-43(52)29-27-38-32-47(56-50(38)49)35-16-5-3-6-17-35/h3-18,20-32,52H,1-2,19H2/b18-13-,51-49-,52-43?. The quantitative estimate of drug-likeness (QED) is 0.176. The van der Waals surface area contributed by atoms with Crippen LogP contribution in [-0.2, 0) is 6.42 Å². The van der Waals surface area contributed by atoms with Crippen molar-refractivity contribution in [2.75, 3.05) is 4.90 Å². The number of allylic oxidation sites excluding steroid dienone is 3. The van der Waals surface area contributed by atoms with Crippen LogP contribution in [0.15, 0.2) is 181 Å². The molecule has 1 aliphatic carbocycles. The predicted octanol–water partition coefficient (Wildman–Crippen LogP) is 13.3. The lowest BCUT2D eigenvalue weighted by Crippen LogP contribution is -2.24. The first-order valence-corrected chi connectivity index (χ1v) is 19.5. The van der Waals surface area contributed by atoms with Crippen LogP contribution < -0.4 is 4.90 Å². The van der Waals surface area contributed by atoms with Gasteiger partial charge in [-0.25, -0.2) is 4.99 Å². The van der Waals surface area contributed by atoms with Gasteiger partial charge in [0.2, 0.25) is 0 Å². The third kappa shape index (κ3) is 5.44. The van der Waals surface area contributed by atoms with Crippen molar-refractivity contribution in [2.45, 2.75) is 6.42 Å². The maximum Gasteiger partial charge on any atom is 0.147 e. The maximum atomic E-state index is 9.34. The molecular formula is C51H36N4S. The molecule has 0 bridgehead atoms. The molecule has 8 aromatic rings. The van der Waals surface area contributed by atoms with E-state index in [1.165, 1.54) is 21.9 Å². The van der Waals surface area contributed by atoms with Gasteiger partial charge in [0, 0.05) is 37.5 Å². The molecule has 3 heterocycles. The first-order valence-electron chi connectivity index (χ1n) is 18.7. The highest BCUT2D eigenvalue weighted by Gasteiger charge is 2.30. The van der Waals surface area contributed by atoms with Crippen molar-refractivity contribution in [3.63, 3.8) is 0 Å². The van der Waals surface area contributed by atoms with E-state index in [1.54, 1.807) is 11.3 Å². The molecule has 0 unspecified atom stereocenters.